The van der Waals surface area contributed by atoms with Gasteiger partial charge in [0.15, 0.2) is 0 Å². The molecule has 0 aliphatic heterocycles. The van der Waals surface area contributed by atoms with Gasteiger partial charge in [-0.3, -0.25) is 0 Å². The van der Waals surface area contributed by atoms with Crippen LogP contribution in [0.15, 0.2) is 25.3 Å². The van der Waals surface area contributed by atoms with Crippen molar-refractivity contribution in [2.75, 3.05) is 0 Å². The number of carbonyl (C=O) groups is 2. The van der Waals surface area contributed by atoms with Crippen molar-refractivity contribution in [1.29, 1.82) is 2.86 Å². The van der Waals surface area contributed by atoms with Gasteiger partial charge in [-0.2, -0.15) is 0 Å². The van der Waals surface area contributed by atoms with Crippen LogP contribution in [0, 0.1) is 0 Å². The van der Waals surface area contributed by atoms with Crippen LogP contribution >= 0.6 is 0 Å². The first-order valence-corrected chi connectivity index (χ1v) is 2.21. The van der Waals surface area contributed by atoms with Crippen LogP contribution in [0.3, 0.4) is 0 Å². The van der Waals surface area contributed by atoms with Gasteiger partial charge in [0, 0.05) is 28.6 Å². The maximum atomic E-state index is 9.65. The predicted molar refractivity (Wildman–Crippen MR) is 35.7 cm³/mol. The molecule has 0 unspecified atom stereocenters. The molecule has 0 aliphatic rings. The predicted octanol–water partition coefficient (Wildman–Crippen LogP) is 0.511. The van der Waals surface area contributed by atoms with E-state index in [2.05, 4.69) is 23.4 Å². The molecule has 0 spiro atoms. The molecule has 0 atom stereocenters. The molecule has 0 radical (unpaired) electrons. The molecule has 0 bridgehead atoms. The fourth-order valence-corrected chi connectivity index (χ4v) is 0. The Kier molecular flexibility index (Phi) is 10.5. The van der Waals surface area contributed by atoms with Crippen molar-refractivity contribution in [1.82, 2.24) is 0 Å². The molecule has 0 aromatic heterocycles. The van der Waals surface area contributed by atoms with Crippen LogP contribution in [0.25, 0.3) is 2.86 Å². The van der Waals surface area contributed by atoms with Crippen molar-refractivity contribution in [2.45, 2.75) is 0 Å². The zero-order valence-corrected chi connectivity index (χ0v) is 6.51. The van der Waals surface area contributed by atoms with Gasteiger partial charge in [-0.25, -0.2) is 9.59 Å². The topological polar surface area (TPSA) is 74.6 Å². The Bertz CT molecular complexity index is 163. The van der Waals surface area contributed by atoms with Gasteiger partial charge in [0.25, 0.3) is 2.86 Å². The molecular weight excluding hydrogens is 195 g/mol. The van der Waals surface area contributed by atoms with Gasteiger partial charge in [-0.15, -0.1) is 0 Å². The Morgan fingerprint density at radius 2 is 1.45 bits per heavy atom. The van der Waals surface area contributed by atoms with Crippen LogP contribution in [0.2, 0.25) is 0 Å². The third-order valence-corrected chi connectivity index (χ3v) is 0.333. The molecule has 0 aromatic carbocycles. The standard InChI is InChI=1S/2C3H4O2.Ni/c2*1-2-3(4)5;/h2*2H,1H2,(H,4,5);/i/hD2. The normalized spacial score (nSPS) is 7.64. The van der Waals surface area contributed by atoms with E-state index in [1.54, 1.807) is 0 Å². The summed E-state index contributed by atoms with van der Waals surface area (Å²) in [5, 5.41) is 6.78. The van der Waals surface area contributed by atoms with Gasteiger partial charge in [-0.1, -0.05) is 13.2 Å². The van der Waals surface area contributed by atoms with Gasteiger partial charge >= 0.3 is 11.9 Å². The fraction of sp³-hybridized carbons (Fsp3) is 0. The zero-order chi connectivity index (χ0) is 9.98. The molecule has 66 valence electrons. The molecule has 4 nitrogen and oxygen atoms in total. The first kappa shape index (κ1) is 9.91. The molecule has 0 fully saturated rings. The summed E-state index contributed by atoms with van der Waals surface area (Å²) in [6.07, 6.45) is 1.85. The number of hydrogen-bond acceptors (Lipinski definition) is 4. The van der Waals surface area contributed by atoms with E-state index in [1.165, 1.54) is 0 Å². The first-order chi connectivity index (χ1) is 5.62. The summed E-state index contributed by atoms with van der Waals surface area (Å²) < 4.78 is 11.8. The summed E-state index contributed by atoms with van der Waals surface area (Å²) in [5.41, 5.74) is 0. The number of carboxylic acids is 2. The Labute approximate surface area is 77.1 Å². The molecule has 0 amide bonds. The minimum atomic E-state index is -0.727. The maximum absolute atomic E-state index is 9.65. The molecule has 0 rings (SSSR count). The van der Waals surface area contributed by atoms with Crippen molar-refractivity contribution in [3.05, 3.63) is 25.3 Å². The summed E-state index contributed by atoms with van der Waals surface area (Å²) in [7, 11) is 0. The molecule has 0 heterocycles. The molecule has 0 saturated carbocycles. The second-order valence-corrected chi connectivity index (χ2v) is 1.05. The number of carboxylic acid groups (broad SMARTS) is 2. The van der Waals surface area contributed by atoms with Crippen molar-refractivity contribution < 1.29 is 36.3 Å². The first-order valence-electron chi connectivity index (χ1n) is 3.03. The van der Waals surface area contributed by atoms with E-state index in [1.807, 2.05) is 0 Å². The van der Waals surface area contributed by atoms with Crippen molar-refractivity contribution in [2.24, 2.45) is 0 Å². The van der Waals surface area contributed by atoms with E-state index in [-0.39, 0.29) is 16.5 Å². The van der Waals surface area contributed by atoms with Crippen LogP contribution in [-0.4, -0.2) is 22.2 Å². The Morgan fingerprint density at radius 1 is 1.18 bits per heavy atom. The largest absolute Gasteiger partial charge is 0.478 e. The molecule has 11 heavy (non-hydrogen) atoms. The fourth-order valence-electron chi connectivity index (χ4n) is 0. The van der Waals surface area contributed by atoms with Crippen molar-refractivity contribution in [3.8, 4) is 0 Å². The molecule has 0 aliphatic carbocycles. The minimum absolute atomic E-state index is 0. The summed E-state index contributed by atoms with van der Waals surface area (Å²) in [6.45, 7) is 6.07. The van der Waals surface area contributed by atoms with Gasteiger partial charge in [0.1, 0.15) is 0 Å². The van der Waals surface area contributed by atoms with Gasteiger partial charge in [0.05, 0.1) is 0 Å². The molecule has 0 saturated heterocycles. The third kappa shape index (κ3) is 50.2. The molecular formula is C6H8NiO4. The number of hydrogen-bond donors (Lipinski definition) is 2. The average Bonchev–Trinajstić information content (AvgIpc) is 2.16. The van der Waals surface area contributed by atoms with Crippen molar-refractivity contribution in [3.63, 3.8) is 0 Å². The molecule has 5 heteroatoms. The molecule has 0 aromatic rings. The SMILES string of the molecule is [2H]OC(=O)C=C.[2H]OC(=O)C=C.[Ni]. The monoisotopic (exact) mass is 204 g/mol. The summed E-state index contributed by atoms with van der Waals surface area (Å²) in [5.74, 6) is -1.45. The Morgan fingerprint density at radius 3 is 1.45 bits per heavy atom. The summed E-state index contributed by atoms with van der Waals surface area (Å²) in [4.78, 5) is 19.3. The smallest absolute Gasteiger partial charge is 0.327 e. The Hall–Kier alpha value is -1.09. The minimum Gasteiger partial charge on any atom is -0.478 e. The Balaban J connectivity index is -0.000000143. The van der Waals surface area contributed by atoms with Crippen LogP contribution in [-0.2, 0) is 26.1 Å². The van der Waals surface area contributed by atoms with E-state index >= 15 is 0 Å². The molecule has 2 N–H and O–H groups in total. The average molecular weight is 205 g/mol. The number of rotatable bonds is 2. The zero-order valence-electron chi connectivity index (χ0n) is 7.52. The van der Waals surface area contributed by atoms with E-state index < -0.39 is 11.9 Å². The van der Waals surface area contributed by atoms with Crippen LogP contribution < -0.4 is 0 Å². The number of aliphatic carboxylic acids is 2. The second-order valence-electron chi connectivity index (χ2n) is 1.05. The van der Waals surface area contributed by atoms with Crippen LogP contribution in [0.1, 0.15) is 0 Å². The van der Waals surface area contributed by atoms with E-state index in [0.717, 1.165) is 12.2 Å². The quantitative estimate of drug-likeness (QED) is 0.508. The van der Waals surface area contributed by atoms with Gasteiger partial charge in [-0.05, 0) is 0 Å². The third-order valence-electron chi connectivity index (χ3n) is 0.333. The van der Waals surface area contributed by atoms with Gasteiger partial charge < -0.3 is 10.2 Å². The van der Waals surface area contributed by atoms with Crippen LogP contribution in [0.4, 0.5) is 0 Å². The van der Waals surface area contributed by atoms with Crippen molar-refractivity contribution >= 4 is 11.9 Å². The van der Waals surface area contributed by atoms with Crippen LogP contribution in [0.5, 0.6) is 0 Å². The summed E-state index contributed by atoms with van der Waals surface area (Å²) >= 11 is 0. The van der Waals surface area contributed by atoms with Gasteiger partial charge in [0.2, 0.25) is 0 Å². The summed E-state index contributed by atoms with van der Waals surface area (Å²) in [6, 6.07) is 0. The second kappa shape index (κ2) is 11.7. The van der Waals surface area contributed by atoms with E-state index in [0.29, 0.717) is 0 Å². The maximum Gasteiger partial charge on any atom is 0.327 e. The van der Waals surface area contributed by atoms with E-state index in [9.17, 15) is 9.59 Å². The van der Waals surface area contributed by atoms with E-state index in [4.69, 9.17) is 2.86 Å².